The lowest BCUT2D eigenvalue weighted by Gasteiger charge is -2.08. The van der Waals surface area contributed by atoms with Gasteiger partial charge in [-0.05, 0) is 30.3 Å². The third kappa shape index (κ3) is 4.00. The number of aromatic hydroxyl groups is 1. The van der Waals surface area contributed by atoms with Crippen LogP contribution >= 0.6 is 0 Å². The number of hydrogen-bond acceptors (Lipinski definition) is 4. The van der Waals surface area contributed by atoms with Gasteiger partial charge in [0.05, 0.1) is 11.3 Å². The molecule has 23 heavy (non-hydrogen) atoms. The van der Waals surface area contributed by atoms with Crippen LogP contribution in [-0.2, 0) is 9.53 Å². The van der Waals surface area contributed by atoms with Gasteiger partial charge in [0.25, 0.3) is 5.91 Å². The van der Waals surface area contributed by atoms with E-state index < -0.39 is 41.6 Å². The Morgan fingerprint density at radius 3 is 2.52 bits per heavy atom. The highest BCUT2D eigenvalue weighted by Gasteiger charge is 2.16. The lowest BCUT2D eigenvalue weighted by Crippen LogP contribution is -2.21. The second kappa shape index (κ2) is 6.82. The van der Waals surface area contributed by atoms with Crippen molar-refractivity contribution in [2.75, 3.05) is 11.9 Å². The molecule has 0 aliphatic rings. The van der Waals surface area contributed by atoms with Crippen LogP contribution in [0.5, 0.6) is 5.75 Å². The number of amides is 1. The molecule has 0 saturated heterocycles. The zero-order valence-corrected chi connectivity index (χ0v) is 11.5. The highest BCUT2D eigenvalue weighted by Crippen LogP contribution is 2.19. The van der Waals surface area contributed by atoms with E-state index in [2.05, 4.69) is 4.74 Å². The number of phenols is 1. The third-order valence-electron chi connectivity index (χ3n) is 2.73. The molecule has 0 radical (unpaired) electrons. The van der Waals surface area contributed by atoms with Crippen LogP contribution in [0.4, 0.5) is 18.9 Å². The Labute approximate surface area is 128 Å². The summed E-state index contributed by atoms with van der Waals surface area (Å²) >= 11 is 0. The molecule has 5 nitrogen and oxygen atoms in total. The van der Waals surface area contributed by atoms with Gasteiger partial charge in [0.15, 0.2) is 24.1 Å². The van der Waals surface area contributed by atoms with Gasteiger partial charge in [-0.3, -0.25) is 4.79 Å². The molecule has 2 N–H and O–H groups in total. The van der Waals surface area contributed by atoms with Crippen LogP contribution in [0.3, 0.4) is 0 Å². The van der Waals surface area contributed by atoms with E-state index in [4.69, 9.17) is 0 Å². The molecule has 0 heterocycles. The summed E-state index contributed by atoms with van der Waals surface area (Å²) in [4.78, 5) is 23.2. The highest BCUT2D eigenvalue weighted by atomic mass is 19.2. The van der Waals surface area contributed by atoms with E-state index in [1.165, 1.54) is 18.2 Å². The quantitative estimate of drug-likeness (QED) is 0.669. The lowest BCUT2D eigenvalue weighted by atomic mass is 10.2. The zero-order chi connectivity index (χ0) is 17.0. The van der Waals surface area contributed by atoms with Crippen LogP contribution in [0.25, 0.3) is 0 Å². The maximum atomic E-state index is 13.4. The van der Waals surface area contributed by atoms with Crippen LogP contribution < -0.4 is 5.32 Å². The van der Waals surface area contributed by atoms with Crippen LogP contribution in [0.1, 0.15) is 10.4 Å². The molecule has 0 fully saturated rings. The molecule has 1 amide bonds. The van der Waals surface area contributed by atoms with Gasteiger partial charge < -0.3 is 15.2 Å². The molecule has 120 valence electrons. The van der Waals surface area contributed by atoms with Crippen molar-refractivity contribution in [3.05, 3.63) is 59.4 Å². The number of ether oxygens (including phenoxy) is 1. The van der Waals surface area contributed by atoms with Gasteiger partial charge in [-0.1, -0.05) is 6.07 Å². The van der Waals surface area contributed by atoms with Gasteiger partial charge in [0.2, 0.25) is 0 Å². The van der Waals surface area contributed by atoms with Crippen molar-refractivity contribution in [1.29, 1.82) is 0 Å². The summed E-state index contributed by atoms with van der Waals surface area (Å²) in [5.74, 6) is -6.66. The van der Waals surface area contributed by atoms with Gasteiger partial charge in [0.1, 0.15) is 5.75 Å². The summed E-state index contributed by atoms with van der Waals surface area (Å²) < 4.78 is 43.8. The molecule has 0 saturated carbocycles. The maximum absolute atomic E-state index is 13.4. The summed E-state index contributed by atoms with van der Waals surface area (Å²) in [5, 5.41) is 11.2. The average molecular weight is 325 g/mol. The van der Waals surface area contributed by atoms with Crippen molar-refractivity contribution in [2.24, 2.45) is 0 Å². The Hall–Kier alpha value is -3.03. The van der Waals surface area contributed by atoms with Gasteiger partial charge in [-0.2, -0.15) is 0 Å². The number of phenolic OH excluding ortho intramolecular Hbond substituents is 1. The van der Waals surface area contributed by atoms with E-state index >= 15 is 0 Å². The fourth-order valence-electron chi connectivity index (χ4n) is 1.66. The first kappa shape index (κ1) is 16.3. The number of carbonyl (C=O) groups is 2. The first-order chi connectivity index (χ1) is 10.9. The Balaban J connectivity index is 1.95. The SMILES string of the molecule is O=C(COC(=O)c1cccc(O)c1)Nc1ccc(F)c(F)c1F. The largest absolute Gasteiger partial charge is 0.508 e. The van der Waals surface area contributed by atoms with E-state index in [-0.39, 0.29) is 11.3 Å². The normalized spacial score (nSPS) is 10.2. The number of benzene rings is 2. The van der Waals surface area contributed by atoms with Gasteiger partial charge in [0, 0.05) is 0 Å². The number of hydrogen-bond donors (Lipinski definition) is 2. The minimum atomic E-state index is -1.72. The Kier molecular flexibility index (Phi) is 4.85. The predicted molar refractivity (Wildman–Crippen MR) is 73.3 cm³/mol. The predicted octanol–water partition coefficient (Wildman–Crippen LogP) is 2.61. The molecule has 0 unspecified atom stereocenters. The summed E-state index contributed by atoms with van der Waals surface area (Å²) in [7, 11) is 0. The zero-order valence-electron chi connectivity index (χ0n) is 11.5. The van der Waals surface area contributed by atoms with Crippen LogP contribution in [0.2, 0.25) is 0 Å². The number of esters is 1. The molecule has 0 aliphatic carbocycles. The summed E-state index contributed by atoms with van der Waals surface area (Å²) in [6.45, 7) is -0.771. The molecule has 0 spiro atoms. The molecule has 0 aromatic heterocycles. The van der Waals surface area contributed by atoms with E-state index in [1.807, 2.05) is 5.32 Å². The van der Waals surface area contributed by atoms with Gasteiger partial charge in [-0.25, -0.2) is 18.0 Å². The molecule has 2 rings (SSSR count). The second-order valence-corrected chi connectivity index (χ2v) is 4.40. The van der Waals surface area contributed by atoms with Crippen LogP contribution in [-0.4, -0.2) is 23.6 Å². The van der Waals surface area contributed by atoms with Crippen LogP contribution in [0, 0.1) is 17.5 Å². The van der Waals surface area contributed by atoms with E-state index in [9.17, 15) is 27.9 Å². The minimum Gasteiger partial charge on any atom is -0.508 e. The number of rotatable bonds is 4. The molecule has 2 aromatic carbocycles. The Bertz CT molecular complexity index is 764. The number of nitrogens with one attached hydrogen (secondary N) is 1. The summed E-state index contributed by atoms with van der Waals surface area (Å²) in [5.41, 5.74) is -0.570. The molecular weight excluding hydrogens is 315 g/mol. The monoisotopic (exact) mass is 325 g/mol. The van der Waals surface area contributed by atoms with Crippen molar-refractivity contribution < 1.29 is 32.6 Å². The molecule has 0 aliphatic heterocycles. The summed E-state index contributed by atoms with van der Waals surface area (Å²) in [6.07, 6.45) is 0. The Morgan fingerprint density at radius 1 is 1.09 bits per heavy atom. The highest BCUT2D eigenvalue weighted by molar-refractivity contribution is 5.95. The smallest absolute Gasteiger partial charge is 0.338 e. The van der Waals surface area contributed by atoms with E-state index in [0.29, 0.717) is 6.07 Å². The van der Waals surface area contributed by atoms with Crippen LogP contribution in [0.15, 0.2) is 36.4 Å². The van der Waals surface area contributed by atoms with E-state index in [0.717, 1.165) is 12.1 Å². The maximum Gasteiger partial charge on any atom is 0.338 e. The van der Waals surface area contributed by atoms with Crippen molar-refractivity contribution in [3.8, 4) is 5.75 Å². The number of halogens is 3. The third-order valence-corrected chi connectivity index (χ3v) is 2.73. The Morgan fingerprint density at radius 2 is 1.83 bits per heavy atom. The fourth-order valence-corrected chi connectivity index (χ4v) is 1.66. The number of carbonyl (C=O) groups excluding carboxylic acids is 2. The van der Waals surface area contributed by atoms with Gasteiger partial charge >= 0.3 is 5.97 Å². The van der Waals surface area contributed by atoms with Crippen molar-refractivity contribution >= 4 is 17.6 Å². The van der Waals surface area contributed by atoms with Crippen molar-refractivity contribution in [1.82, 2.24) is 0 Å². The first-order valence-corrected chi connectivity index (χ1v) is 6.28. The molecular formula is C15H10F3NO4. The fraction of sp³-hybridized carbons (Fsp3) is 0.0667. The topological polar surface area (TPSA) is 75.6 Å². The van der Waals surface area contributed by atoms with Gasteiger partial charge in [-0.15, -0.1) is 0 Å². The second-order valence-electron chi connectivity index (χ2n) is 4.40. The molecule has 8 heteroatoms. The van der Waals surface area contributed by atoms with Crippen molar-refractivity contribution in [3.63, 3.8) is 0 Å². The van der Waals surface area contributed by atoms with E-state index in [1.54, 1.807) is 0 Å². The standard InChI is InChI=1S/C15H10F3NO4/c16-10-4-5-11(14(18)13(10)17)19-12(21)7-23-15(22)8-2-1-3-9(20)6-8/h1-6,20H,7H2,(H,19,21). The van der Waals surface area contributed by atoms with Crippen molar-refractivity contribution in [2.45, 2.75) is 0 Å². The molecule has 0 atom stereocenters. The average Bonchev–Trinajstić information content (AvgIpc) is 2.53. The molecule has 2 aromatic rings. The first-order valence-electron chi connectivity index (χ1n) is 6.28. The minimum absolute atomic E-state index is 0.0109. The molecule has 0 bridgehead atoms. The number of anilines is 1. The summed E-state index contributed by atoms with van der Waals surface area (Å²) in [6, 6.07) is 6.72. The lowest BCUT2D eigenvalue weighted by molar-refractivity contribution is -0.119.